The monoisotopic (exact) mass is 221 g/mol. The highest BCUT2D eigenvalue weighted by molar-refractivity contribution is 5.28. The van der Waals surface area contributed by atoms with Gasteiger partial charge in [0.2, 0.25) is 0 Å². The molecule has 0 saturated heterocycles. The fourth-order valence-corrected chi connectivity index (χ4v) is 1.67. The van der Waals surface area contributed by atoms with Crippen molar-refractivity contribution in [2.75, 3.05) is 13.7 Å². The molecule has 1 aromatic carbocycles. The van der Waals surface area contributed by atoms with Crippen LogP contribution in [0.2, 0.25) is 0 Å². The van der Waals surface area contributed by atoms with Gasteiger partial charge in [-0.25, -0.2) is 0 Å². The highest BCUT2D eigenvalue weighted by Crippen LogP contribution is 2.14. The normalized spacial score (nSPS) is 10.8. The first-order chi connectivity index (χ1) is 7.72. The van der Waals surface area contributed by atoms with Crippen molar-refractivity contribution < 1.29 is 4.74 Å². The van der Waals surface area contributed by atoms with Crippen LogP contribution in [-0.2, 0) is 6.42 Å². The molecule has 1 N–H and O–H groups in total. The second-order valence-electron chi connectivity index (χ2n) is 4.42. The van der Waals surface area contributed by atoms with Gasteiger partial charge in [0.15, 0.2) is 0 Å². The number of hydrogen-bond acceptors (Lipinski definition) is 2. The maximum absolute atomic E-state index is 5.20. The van der Waals surface area contributed by atoms with Gasteiger partial charge in [-0.1, -0.05) is 26.0 Å². The van der Waals surface area contributed by atoms with Crippen LogP contribution in [0.25, 0.3) is 0 Å². The van der Waals surface area contributed by atoms with Crippen molar-refractivity contribution in [3.05, 3.63) is 29.8 Å². The zero-order valence-electron chi connectivity index (χ0n) is 10.6. The van der Waals surface area contributed by atoms with Crippen LogP contribution in [0, 0.1) is 0 Å². The molecule has 1 rings (SSSR count). The van der Waals surface area contributed by atoms with Gasteiger partial charge in [-0.3, -0.25) is 0 Å². The summed E-state index contributed by atoms with van der Waals surface area (Å²) in [4.78, 5) is 0. The number of ether oxygens (including phenoxy) is 1. The number of benzene rings is 1. The third kappa shape index (κ3) is 5.17. The van der Waals surface area contributed by atoms with E-state index in [2.05, 4.69) is 37.4 Å². The standard InChI is InChI=1S/C14H23NO/c1-12(2)15-10-5-4-7-13-8-6-9-14(11-13)16-3/h6,8-9,11-12,15H,4-5,7,10H2,1-3H3. The minimum Gasteiger partial charge on any atom is -0.497 e. The van der Waals surface area contributed by atoms with Crippen LogP contribution < -0.4 is 10.1 Å². The highest BCUT2D eigenvalue weighted by atomic mass is 16.5. The molecule has 0 unspecified atom stereocenters. The average molecular weight is 221 g/mol. The first kappa shape index (κ1) is 13.0. The van der Waals surface area contributed by atoms with E-state index >= 15 is 0 Å². The number of unbranched alkanes of at least 4 members (excludes halogenated alkanes) is 1. The molecule has 1 aromatic rings. The van der Waals surface area contributed by atoms with E-state index in [4.69, 9.17) is 4.74 Å². The summed E-state index contributed by atoms with van der Waals surface area (Å²) in [6.45, 7) is 5.48. The lowest BCUT2D eigenvalue weighted by molar-refractivity contribution is 0.414. The lowest BCUT2D eigenvalue weighted by Crippen LogP contribution is -2.23. The Labute approximate surface area is 99.0 Å². The van der Waals surface area contributed by atoms with E-state index in [1.54, 1.807) is 7.11 Å². The topological polar surface area (TPSA) is 21.3 Å². The largest absolute Gasteiger partial charge is 0.497 e. The minimum atomic E-state index is 0.594. The van der Waals surface area contributed by atoms with Gasteiger partial charge in [0.05, 0.1) is 7.11 Å². The SMILES string of the molecule is COc1cccc(CCCCNC(C)C)c1. The second-order valence-corrected chi connectivity index (χ2v) is 4.42. The summed E-state index contributed by atoms with van der Waals surface area (Å²) >= 11 is 0. The Balaban J connectivity index is 2.21. The number of hydrogen-bond donors (Lipinski definition) is 1. The predicted octanol–water partition coefficient (Wildman–Crippen LogP) is 3.02. The van der Waals surface area contributed by atoms with Crippen molar-refractivity contribution in [2.45, 2.75) is 39.2 Å². The van der Waals surface area contributed by atoms with Gasteiger partial charge in [0, 0.05) is 6.04 Å². The van der Waals surface area contributed by atoms with Crippen LogP contribution in [0.15, 0.2) is 24.3 Å². The summed E-state index contributed by atoms with van der Waals surface area (Å²) in [5.74, 6) is 0.956. The van der Waals surface area contributed by atoms with Gasteiger partial charge >= 0.3 is 0 Å². The molecule has 2 nitrogen and oxygen atoms in total. The van der Waals surface area contributed by atoms with Crippen LogP contribution >= 0.6 is 0 Å². The Kier molecular flexibility index (Phi) is 5.94. The van der Waals surface area contributed by atoms with Crippen LogP contribution in [0.5, 0.6) is 5.75 Å². The molecule has 0 amide bonds. The molecule has 0 atom stereocenters. The Hall–Kier alpha value is -1.02. The summed E-state index contributed by atoms with van der Waals surface area (Å²) < 4.78 is 5.20. The molecule has 16 heavy (non-hydrogen) atoms. The molecular weight excluding hydrogens is 198 g/mol. The molecule has 90 valence electrons. The molecule has 0 aromatic heterocycles. The van der Waals surface area contributed by atoms with Crippen molar-refractivity contribution in [3.8, 4) is 5.75 Å². The Morgan fingerprint density at radius 3 is 2.75 bits per heavy atom. The molecule has 0 bridgehead atoms. The summed E-state index contributed by atoms with van der Waals surface area (Å²) in [6, 6.07) is 8.93. The summed E-state index contributed by atoms with van der Waals surface area (Å²) in [5.41, 5.74) is 1.36. The maximum atomic E-state index is 5.20. The van der Waals surface area contributed by atoms with Crippen LogP contribution in [0.4, 0.5) is 0 Å². The van der Waals surface area contributed by atoms with Gasteiger partial charge in [-0.05, 0) is 43.5 Å². The van der Waals surface area contributed by atoms with Crippen molar-refractivity contribution in [2.24, 2.45) is 0 Å². The minimum absolute atomic E-state index is 0.594. The quantitative estimate of drug-likeness (QED) is 0.715. The van der Waals surface area contributed by atoms with E-state index in [0.717, 1.165) is 18.7 Å². The van der Waals surface area contributed by atoms with Crippen LogP contribution in [-0.4, -0.2) is 19.7 Å². The van der Waals surface area contributed by atoms with E-state index in [-0.39, 0.29) is 0 Å². The molecule has 0 radical (unpaired) electrons. The first-order valence-electron chi connectivity index (χ1n) is 6.08. The van der Waals surface area contributed by atoms with E-state index in [0.29, 0.717) is 6.04 Å². The maximum Gasteiger partial charge on any atom is 0.119 e. The zero-order valence-corrected chi connectivity index (χ0v) is 10.6. The Morgan fingerprint density at radius 1 is 1.25 bits per heavy atom. The number of nitrogens with one attached hydrogen (secondary N) is 1. The number of aryl methyl sites for hydroxylation is 1. The Bertz CT molecular complexity index is 297. The van der Waals surface area contributed by atoms with Crippen LogP contribution in [0.1, 0.15) is 32.3 Å². The van der Waals surface area contributed by atoms with Crippen LogP contribution in [0.3, 0.4) is 0 Å². The first-order valence-corrected chi connectivity index (χ1v) is 6.08. The predicted molar refractivity (Wildman–Crippen MR) is 69.1 cm³/mol. The molecule has 0 heterocycles. The fraction of sp³-hybridized carbons (Fsp3) is 0.571. The molecule has 2 heteroatoms. The molecule has 0 spiro atoms. The number of rotatable bonds is 7. The lowest BCUT2D eigenvalue weighted by atomic mass is 10.1. The number of methoxy groups -OCH3 is 1. The zero-order chi connectivity index (χ0) is 11.8. The summed E-state index contributed by atoms with van der Waals surface area (Å²) in [6.07, 6.45) is 3.60. The lowest BCUT2D eigenvalue weighted by Gasteiger charge is -2.08. The molecular formula is C14H23NO. The molecule has 0 fully saturated rings. The van der Waals surface area contributed by atoms with Crippen molar-refractivity contribution in [1.29, 1.82) is 0 Å². The third-order valence-electron chi connectivity index (χ3n) is 2.58. The second kappa shape index (κ2) is 7.29. The average Bonchev–Trinajstić information content (AvgIpc) is 2.28. The van der Waals surface area contributed by atoms with Gasteiger partial charge < -0.3 is 10.1 Å². The summed E-state index contributed by atoms with van der Waals surface area (Å²) in [7, 11) is 1.71. The molecule has 0 aliphatic carbocycles. The molecule has 0 aliphatic heterocycles. The molecule has 0 aliphatic rings. The van der Waals surface area contributed by atoms with E-state index in [1.807, 2.05) is 6.07 Å². The molecule has 0 saturated carbocycles. The van der Waals surface area contributed by atoms with Gasteiger partial charge in [-0.15, -0.1) is 0 Å². The van der Waals surface area contributed by atoms with Gasteiger partial charge in [0.25, 0.3) is 0 Å². The smallest absolute Gasteiger partial charge is 0.119 e. The third-order valence-corrected chi connectivity index (χ3v) is 2.58. The van der Waals surface area contributed by atoms with Gasteiger partial charge in [-0.2, -0.15) is 0 Å². The van der Waals surface area contributed by atoms with E-state index < -0.39 is 0 Å². The summed E-state index contributed by atoms with van der Waals surface area (Å²) in [5, 5.41) is 3.43. The van der Waals surface area contributed by atoms with Crippen molar-refractivity contribution >= 4 is 0 Å². The van der Waals surface area contributed by atoms with E-state index in [1.165, 1.54) is 18.4 Å². The van der Waals surface area contributed by atoms with E-state index in [9.17, 15) is 0 Å². The van der Waals surface area contributed by atoms with Gasteiger partial charge in [0.1, 0.15) is 5.75 Å². The highest BCUT2D eigenvalue weighted by Gasteiger charge is 1.97. The Morgan fingerprint density at radius 2 is 2.06 bits per heavy atom. The van der Waals surface area contributed by atoms with Crippen molar-refractivity contribution in [1.82, 2.24) is 5.32 Å². The van der Waals surface area contributed by atoms with Crippen molar-refractivity contribution in [3.63, 3.8) is 0 Å². The fourth-order valence-electron chi connectivity index (χ4n) is 1.67.